The van der Waals surface area contributed by atoms with Crippen molar-refractivity contribution in [2.24, 2.45) is 11.7 Å². The minimum Gasteiger partial charge on any atom is -0.481 e. The van der Waals surface area contributed by atoms with Crippen molar-refractivity contribution in [2.75, 3.05) is 13.1 Å². The molecule has 1 saturated heterocycles. The molecule has 4 N–H and O–H groups in total. The quantitative estimate of drug-likeness (QED) is 0.545. The number of amidine groups is 1. The van der Waals surface area contributed by atoms with Gasteiger partial charge in [-0.2, -0.15) is 0 Å². The first-order valence-corrected chi connectivity index (χ1v) is 8.72. The van der Waals surface area contributed by atoms with Crippen LogP contribution in [0.25, 0.3) is 11.1 Å². The normalized spacial score (nSPS) is 16.7. The van der Waals surface area contributed by atoms with Crippen molar-refractivity contribution in [3.8, 4) is 11.1 Å². The number of nitrogen functional groups attached to an aromatic ring is 1. The fraction of sp³-hybridized carbons (Fsp3) is 0.316. The topological polar surface area (TPSA) is 133 Å². The average Bonchev–Trinajstić information content (AvgIpc) is 2.67. The molecule has 27 heavy (non-hydrogen) atoms. The fourth-order valence-corrected chi connectivity index (χ4v) is 3.23. The molecule has 1 aliphatic rings. The summed E-state index contributed by atoms with van der Waals surface area (Å²) in [5.41, 5.74) is 7.69. The predicted octanol–water partition coefficient (Wildman–Crippen LogP) is 1.75. The van der Waals surface area contributed by atoms with Crippen LogP contribution in [0.3, 0.4) is 0 Å². The van der Waals surface area contributed by atoms with E-state index in [2.05, 4.69) is 9.97 Å². The number of likely N-dealkylation sites (tertiary alicyclic amines) is 1. The van der Waals surface area contributed by atoms with Gasteiger partial charge >= 0.3 is 5.97 Å². The number of rotatable bonds is 5. The van der Waals surface area contributed by atoms with Gasteiger partial charge in [-0.25, -0.2) is 9.97 Å². The maximum Gasteiger partial charge on any atom is 0.303 e. The second-order valence-corrected chi connectivity index (χ2v) is 6.64. The Kier molecular flexibility index (Phi) is 5.44. The second kappa shape index (κ2) is 7.94. The Labute approximate surface area is 156 Å². The van der Waals surface area contributed by atoms with Crippen LogP contribution < -0.4 is 5.73 Å². The minimum absolute atomic E-state index is 0.00137. The molecular weight excluding hydrogens is 346 g/mol. The second-order valence-electron chi connectivity index (χ2n) is 6.64. The molecule has 1 amide bonds. The lowest BCUT2D eigenvalue weighted by Gasteiger charge is -2.31. The number of carbonyl (C=O) groups is 2. The van der Waals surface area contributed by atoms with Crippen LogP contribution in [0.1, 0.15) is 35.4 Å². The molecule has 1 aromatic carbocycles. The largest absolute Gasteiger partial charge is 0.481 e. The lowest BCUT2D eigenvalue weighted by Crippen LogP contribution is -2.41. The lowest BCUT2D eigenvalue weighted by molar-refractivity contribution is -0.138. The Bertz CT molecular complexity index is 849. The first-order chi connectivity index (χ1) is 12.9. The number of carboxylic acids is 1. The van der Waals surface area contributed by atoms with E-state index in [4.69, 9.17) is 16.2 Å². The highest BCUT2D eigenvalue weighted by Crippen LogP contribution is 2.22. The Morgan fingerprint density at radius 2 is 1.85 bits per heavy atom. The molecule has 8 heteroatoms. The van der Waals surface area contributed by atoms with Crippen LogP contribution in [0.4, 0.5) is 0 Å². The fourth-order valence-electron chi connectivity index (χ4n) is 3.23. The zero-order valence-corrected chi connectivity index (χ0v) is 14.8. The monoisotopic (exact) mass is 367 g/mol. The van der Waals surface area contributed by atoms with Crippen molar-refractivity contribution >= 4 is 17.7 Å². The smallest absolute Gasteiger partial charge is 0.303 e. The standard InChI is InChI=1S/C19H21N5O3/c20-17(21)14-5-3-13(4-6-14)15-9-22-18(23-10-15)19(27)24-7-1-2-12(11-24)8-16(25)26/h3-6,9-10,12H,1-2,7-8,11H2,(H3,20,21)(H,25,26). The van der Waals surface area contributed by atoms with Gasteiger partial charge in [-0.3, -0.25) is 15.0 Å². The zero-order chi connectivity index (χ0) is 19.4. The van der Waals surface area contributed by atoms with Crippen LogP contribution in [-0.4, -0.2) is 50.8 Å². The number of benzene rings is 1. The van der Waals surface area contributed by atoms with Gasteiger partial charge in [-0.1, -0.05) is 24.3 Å². The molecule has 2 heterocycles. The van der Waals surface area contributed by atoms with Gasteiger partial charge in [0.15, 0.2) is 0 Å². The highest BCUT2D eigenvalue weighted by Gasteiger charge is 2.27. The molecule has 2 aromatic rings. The minimum atomic E-state index is -0.842. The molecule has 1 aromatic heterocycles. The van der Waals surface area contributed by atoms with E-state index in [1.165, 1.54) is 0 Å². The molecule has 0 radical (unpaired) electrons. The first-order valence-electron chi connectivity index (χ1n) is 8.72. The van der Waals surface area contributed by atoms with Gasteiger partial charge in [0, 0.05) is 43.0 Å². The van der Waals surface area contributed by atoms with Crippen LogP contribution in [-0.2, 0) is 4.79 Å². The van der Waals surface area contributed by atoms with Gasteiger partial charge in [0.25, 0.3) is 5.91 Å². The van der Waals surface area contributed by atoms with Gasteiger partial charge < -0.3 is 15.7 Å². The number of nitrogens with zero attached hydrogens (tertiary/aromatic N) is 3. The third-order valence-corrected chi connectivity index (χ3v) is 4.64. The summed E-state index contributed by atoms with van der Waals surface area (Å²) in [6.45, 7) is 1.01. The Morgan fingerprint density at radius 3 is 2.44 bits per heavy atom. The number of hydrogen-bond donors (Lipinski definition) is 3. The van der Waals surface area contributed by atoms with E-state index in [0.29, 0.717) is 18.7 Å². The summed E-state index contributed by atoms with van der Waals surface area (Å²) < 4.78 is 0. The number of carbonyl (C=O) groups excluding carboxylic acids is 1. The van der Waals surface area contributed by atoms with Crippen LogP contribution >= 0.6 is 0 Å². The number of piperidine rings is 1. The van der Waals surface area contributed by atoms with E-state index in [9.17, 15) is 9.59 Å². The van der Waals surface area contributed by atoms with Crippen molar-refractivity contribution in [3.63, 3.8) is 0 Å². The molecule has 1 fully saturated rings. The van der Waals surface area contributed by atoms with Crippen molar-refractivity contribution in [1.82, 2.24) is 14.9 Å². The van der Waals surface area contributed by atoms with Gasteiger partial charge in [-0.15, -0.1) is 0 Å². The van der Waals surface area contributed by atoms with E-state index in [0.717, 1.165) is 24.0 Å². The molecule has 0 bridgehead atoms. The third-order valence-electron chi connectivity index (χ3n) is 4.64. The van der Waals surface area contributed by atoms with Crippen molar-refractivity contribution in [1.29, 1.82) is 5.41 Å². The van der Waals surface area contributed by atoms with Crippen LogP contribution in [0.15, 0.2) is 36.7 Å². The molecule has 0 spiro atoms. The van der Waals surface area contributed by atoms with Crippen molar-refractivity contribution < 1.29 is 14.7 Å². The summed E-state index contributed by atoms with van der Waals surface area (Å²) in [5.74, 6) is -1.04. The Morgan fingerprint density at radius 1 is 1.19 bits per heavy atom. The summed E-state index contributed by atoms with van der Waals surface area (Å²) in [7, 11) is 0. The summed E-state index contributed by atoms with van der Waals surface area (Å²) in [6.07, 6.45) is 4.83. The van der Waals surface area contributed by atoms with E-state index in [1.807, 2.05) is 12.1 Å². The molecule has 1 unspecified atom stereocenters. The number of aliphatic carboxylic acids is 1. The Hall–Kier alpha value is -3.29. The van der Waals surface area contributed by atoms with E-state index in [1.54, 1.807) is 29.4 Å². The summed E-state index contributed by atoms with van der Waals surface area (Å²) >= 11 is 0. The lowest BCUT2D eigenvalue weighted by atomic mass is 9.95. The van der Waals surface area contributed by atoms with Gasteiger partial charge in [0.2, 0.25) is 5.82 Å². The highest BCUT2D eigenvalue weighted by molar-refractivity contribution is 5.95. The number of nitrogens with two attached hydrogens (primary N) is 1. The summed E-state index contributed by atoms with van der Waals surface area (Å²) in [5, 5.41) is 16.4. The molecule has 1 aliphatic heterocycles. The van der Waals surface area contributed by atoms with E-state index in [-0.39, 0.29) is 29.9 Å². The predicted molar refractivity (Wildman–Crippen MR) is 99.4 cm³/mol. The molecular formula is C19H21N5O3. The maximum absolute atomic E-state index is 12.6. The number of carboxylic acid groups (broad SMARTS) is 1. The Balaban J connectivity index is 1.70. The van der Waals surface area contributed by atoms with Crippen molar-refractivity contribution in [3.05, 3.63) is 48.0 Å². The molecule has 140 valence electrons. The third kappa shape index (κ3) is 4.46. The van der Waals surface area contributed by atoms with Crippen LogP contribution in [0, 0.1) is 11.3 Å². The van der Waals surface area contributed by atoms with E-state index >= 15 is 0 Å². The number of aromatic nitrogens is 2. The maximum atomic E-state index is 12.6. The van der Waals surface area contributed by atoms with Crippen molar-refractivity contribution in [2.45, 2.75) is 19.3 Å². The summed E-state index contributed by atoms with van der Waals surface area (Å²) in [4.78, 5) is 33.5. The summed E-state index contributed by atoms with van der Waals surface area (Å²) in [6, 6.07) is 7.12. The molecule has 3 rings (SSSR count). The SMILES string of the molecule is N=C(N)c1ccc(-c2cnc(C(=O)N3CCCC(CC(=O)O)C3)nc2)cc1. The van der Waals surface area contributed by atoms with E-state index < -0.39 is 5.97 Å². The molecule has 1 atom stereocenters. The number of hydrogen-bond acceptors (Lipinski definition) is 5. The van der Waals surface area contributed by atoms with Gasteiger partial charge in [0.1, 0.15) is 5.84 Å². The van der Waals surface area contributed by atoms with Crippen LogP contribution in [0.2, 0.25) is 0 Å². The molecule has 0 saturated carbocycles. The highest BCUT2D eigenvalue weighted by atomic mass is 16.4. The molecule has 0 aliphatic carbocycles. The van der Waals surface area contributed by atoms with Gasteiger partial charge in [-0.05, 0) is 24.3 Å². The molecule has 8 nitrogen and oxygen atoms in total. The average molecular weight is 367 g/mol. The zero-order valence-electron chi connectivity index (χ0n) is 14.8. The number of amides is 1. The van der Waals surface area contributed by atoms with Gasteiger partial charge in [0.05, 0.1) is 0 Å². The first kappa shape index (κ1) is 18.5. The van der Waals surface area contributed by atoms with Crippen LogP contribution in [0.5, 0.6) is 0 Å². The number of nitrogens with one attached hydrogen (secondary N) is 1.